The fourth-order valence-electron chi connectivity index (χ4n) is 1.29. The topological polar surface area (TPSA) is 61.9 Å². The van der Waals surface area contributed by atoms with Crippen molar-refractivity contribution in [3.05, 3.63) is 36.5 Å². The number of anilines is 1. The van der Waals surface area contributed by atoms with Crippen molar-refractivity contribution in [1.29, 1.82) is 0 Å². The lowest BCUT2D eigenvalue weighted by Crippen LogP contribution is -2.27. The molecule has 17 heavy (non-hydrogen) atoms. The molecule has 0 aliphatic heterocycles. The fourth-order valence-corrected chi connectivity index (χ4v) is 1.99. The molecule has 0 saturated heterocycles. The molecule has 1 N–H and O–H groups in total. The van der Waals surface area contributed by atoms with Crippen molar-refractivity contribution in [2.75, 3.05) is 17.7 Å². The second kappa shape index (κ2) is 5.49. The van der Waals surface area contributed by atoms with Crippen LogP contribution < -0.4 is 4.90 Å². The quantitative estimate of drug-likeness (QED) is 0.834. The smallest absolute Gasteiger partial charge is 0.237 e. The predicted molar refractivity (Wildman–Crippen MR) is 67.0 cm³/mol. The van der Waals surface area contributed by atoms with Crippen molar-refractivity contribution in [3.8, 4) is 0 Å². The van der Waals surface area contributed by atoms with E-state index in [2.05, 4.69) is 15.4 Å². The van der Waals surface area contributed by atoms with E-state index in [1.165, 1.54) is 11.8 Å². The number of amides is 1. The maximum atomic E-state index is 11.9. The number of hydrogen-bond acceptors (Lipinski definition) is 4. The number of carbonyl (C=O) groups is 1. The highest BCUT2D eigenvalue weighted by molar-refractivity contribution is 7.99. The SMILES string of the molecule is CN(C(=O)CSc1cn[nH]n1)c1ccccc1. The van der Waals surface area contributed by atoms with Crippen molar-refractivity contribution < 1.29 is 4.79 Å². The summed E-state index contributed by atoms with van der Waals surface area (Å²) in [5.74, 6) is 0.377. The molecule has 2 aromatic rings. The number of carbonyl (C=O) groups excluding carboxylic acids is 1. The minimum atomic E-state index is 0.0317. The highest BCUT2D eigenvalue weighted by atomic mass is 32.2. The zero-order chi connectivity index (χ0) is 12.1. The average molecular weight is 248 g/mol. The first kappa shape index (κ1) is 11.7. The molecule has 0 fully saturated rings. The molecule has 2 rings (SSSR count). The molecule has 1 aromatic carbocycles. The molecule has 1 heterocycles. The summed E-state index contributed by atoms with van der Waals surface area (Å²) in [6, 6.07) is 9.54. The van der Waals surface area contributed by atoms with Crippen LogP contribution in [0.15, 0.2) is 41.6 Å². The lowest BCUT2D eigenvalue weighted by molar-refractivity contribution is -0.115. The number of benzene rings is 1. The predicted octanol–water partition coefficient (Wildman–Crippen LogP) is 1.56. The van der Waals surface area contributed by atoms with E-state index in [0.29, 0.717) is 5.75 Å². The van der Waals surface area contributed by atoms with Gasteiger partial charge in [-0.25, -0.2) is 0 Å². The van der Waals surface area contributed by atoms with Crippen LogP contribution in [0.1, 0.15) is 0 Å². The highest BCUT2D eigenvalue weighted by Gasteiger charge is 2.11. The van der Waals surface area contributed by atoms with E-state index in [0.717, 1.165) is 10.7 Å². The van der Waals surface area contributed by atoms with Crippen molar-refractivity contribution in [2.45, 2.75) is 5.03 Å². The average Bonchev–Trinajstić information content (AvgIpc) is 2.89. The third-order valence-electron chi connectivity index (χ3n) is 2.25. The van der Waals surface area contributed by atoms with Crippen LogP contribution >= 0.6 is 11.8 Å². The number of aromatic amines is 1. The van der Waals surface area contributed by atoms with Crippen LogP contribution in [0.25, 0.3) is 0 Å². The fraction of sp³-hybridized carbons (Fsp3) is 0.182. The monoisotopic (exact) mass is 248 g/mol. The Labute approximate surface area is 103 Å². The molecule has 1 amide bonds. The van der Waals surface area contributed by atoms with Crippen molar-refractivity contribution in [2.24, 2.45) is 0 Å². The number of H-pyrrole nitrogens is 1. The van der Waals surface area contributed by atoms with E-state index in [-0.39, 0.29) is 5.91 Å². The van der Waals surface area contributed by atoms with Crippen LogP contribution in [0.5, 0.6) is 0 Å². The van der Waals surface area contributed by atoms with Crippen LogP contribution in [0.2, 0.25) is 0 Å². The maximum Gasteiger partial charge on any atom is 0.237 e. The van der Waals surface area contributed by atoms with E-state index >= 15 is 0 Å². The lowest BCUT2D eigenvalue weighted by Gasteiger charge is -2.16. The summed E-state index contributed by atoms with van der Waals surface area (Å²) >= 11 is 1.36. The van der Waals surface area contributed by atoms with E-state index in [1.54, 1.807) is 18.1 Å². The number of para-hydroxylation sites is 1. The van der Waals surface area contributed by atoms with Gasteiger partial charge in [0.1, 0.15) is 5.03 Å². The number of nitrogens with one attached hydrogen (secondary N) is 1. The zero-order valence-corrected chi connectivity index (χ0v) is 10.1. The summed E-state index contributed by atoms with van der Waals surface area (Å²) in [4.78, 5) is 13.5. The molecular formula is C11H12N4OS. The number of aromatic nitrogens is 3. The van der Waals surface area contributed by atoms with Crippen molar-refractivity contribution >= 4 is 23.4 Å². The van der Waals surface area contributed by atoms with Crippen LogP contribution in [-0.4, -0.2) is 34.1 Å². The summed E-state index contributed by atoms with van der Waals surface area (Å²) in [6.45, 7) is 0. The minimum Gasteiger partial charge on any atom is -0.315 e. The first-order valence-electron chi connectivity index (χ1n) is 5.07. The van der Waals surface area contributed by atoms with E-state index < -0.39 is 0 Å². The lowest BCUT2D eigenvalue weighted by atomic mass is 10.3. The van der Waals surface area contributed by atoms with Gasteiger partial charge in [-0.05, 0) is 12.1 Å². The van der Waals surface area contributed by atoms with Gasteiger partial charge in [-0.2, -0.15) is 10.3 Å². The van der Waals surface area contributed by atoms with Gasteiger partial charge in [-0.15, -0.1) is 5.10 Å². The highest BCUT2D eigenvalue weighted by Crippen LogP contribution is 2.16. The molecule has 1 aromatic heterocycles. The van der Waals surface area contributed by atoms with Gasteiger partial charge in [-0.3, -0.25) is 4.79 Å². The third-order valence-corrected chi connectivity index (χ3v) is 3.14. The first-order chi connectivity index (χ1) is 8.27. The Morgan fingerprint density at radius 3 is 2.82 bits per heavy atom. The van der Waals surface area contributed by atoms with E-state index in [9.17, 15) is 4.79 Å². The molecule has 5 nitrogen and oxygen atoms in total. The Morgan fingerprint density at radius 1 is 1.41 bits per heavy atom. The summed E-state index contributed by atoms with van der Waals surface area (Å²) in [5.41, 5.74) is 0.887. The minimum absolute atomic E-state index is 0.0317. The van der Waals surface area contributed by atoms with Gasteiger partial charge in [0.25, 0.3) is 0 Å². The molecule has 0 atom stereocenters. The largest absolute Gasteiger partial charge is 0.315 e. The zero-order valence-electron chi connectivity index (χ0n) is 9.33. The summed E-state index contributed by atoms with van der Waals surface area (Å²) < 4.78 is 0. The van der Waals surface area contributed by atoms with E-state index in [1.807, 2.05) is 30.3 Å². The first-order valence-corrected chi connectivity index (χ1v) is 6.06. The Bertz CT molecular complexity index is 471. The molecule has 0 saturated carbocycles. The Balaban J connectivity index is 1.92. The standard InChI is InChI=1S/C11H12N4OS/c1-15(9-5-3-2-4-6-9)11(16)8-17-10-7-12-14-13-10/h2-7H,8H2,1H3,(H,12,13,14). The van der Waals surface area contributed by atoms with Crippen LogP contribution in [0.4, 0.5) is 5.69 Å². The molecular weight excluding hydrogens is 236 g/mol. The summed E-state index contributed by atoms with van der Waals surface area (Å²) in [6.07, 6.45) is 1.60. The Hall–Kier alpha value is -1.82. The maximum absolute atomic E-state index is 11.9. The van der Waals surface area contributed by atoms with Crippen LogP contribution in [0, 0.1) is 0 Å². The van der Waals surface area contributed by atoms with Gasteiger partial charge in [0, 0.05) is 12.7 Å². The van der Waals surface area contributed by atoms with E-state index in [4.69, 9.17) is 0 Å². The summed E-state index contributed by atoms with van der Waals surface area (Å²) in [7, 11) is 1.76. The van der Waals surface area contributed by atoms with Gasteiger partial charge in [0.15, 0.2) is 0 Å². The van der Waals surface area contributed by atoms with Gasteiger partial charge in [-0.1, -0.05) is 30.0 Å². The number of nitrogens with zero attached hydrogens (tertiary/aromatic N) is 3. The molecule has 0 aliphatic carbocycles. The normalized spacial score (nSPS) is 10.2. The Kier molecular flexibility index (Phi) is 3.77. The number of rotatable bonds is 4. The van der Waals surface area contributed by atoms with Gasteiger partial charge >= 0.3 is 0 Å². The van der Waals surface area contributed by atoms with Crippen LogP contribution in [-0.2, 0) is 4.79 Å². The molecule has 88 valence electrons. The van der Waals surface area contributed by atoms with Gasteiger partial charge < -0.3 is 4.90 Å². The second-order valence-corrected chi connectivity index (χ2v) is 4.38. The van der Waals surface area contributed by atoms with Crippen molar-refractivity contribution in [3.63, 3.8) is 0 Å². The Morgan fingerprint density at radius 2 is 2.18 bits per heavy atom. The van der Waals surface area contributed by atoms with Gasteiger partial charge in [0.05, 0.1) is 11.9 Å². The van der Waals surface area contributed by atoms with Crippen molar-refractivity contribution in [1.82, 2.24) is 15.4 Å². The second-order valence-electron chi connectivity index (χ2n) is 3.39. The molecule has 0 bridgehead atoms. The molecule has 0 spiro atoms. The van der Waals surface area contributed by atoms with Gasteiger partial charge in [0.2, 0.25) is 5.91 Å². The third kappa shape index (κ3) is 3.07. The molecule has 0 unspecified atom stereocenters. The molecule has 0 radical (unpaired) electrons. The molecule has 0 aliphatic rings. The van der Waals surface area contributed by atoms with Crippen LogP contribution in [0.3, 0.4) is 0 Å². The number of hydrogen-bond donors (Lipinski definition) is 1. The summed E-state index contributed by atoms with van der Waals surface area (Å²) in [5, 5.41) is 10.8. The molecule has 6 heteroatoms. The number of thioether (sulfide) groups is 1.